The second kappa shape index (κ2) is 20.5. The van der Waals surface area contributed by atoms with Crippen LogP contribution >= 0.6 is 11.3 Å². The fourth-order valence-corrected chi connectivity index (χ4v) is 8.49. The lowest BCUT2D eigenvalue weighted by molar-refractivity contribution is 0.288. The molecule has 0 saturated carbocycles. The van der Waals surface area contributed by atoms with E-state index in [1.54, 1.807) is 11.3 Å². The average Bonchev–Trinajstić information content (AvgIpc) is 4.12. The first-order valence-electron chi connectivity index (χ1n) is 20.9. The summed E-state index contributed by atoms with van der Waals surface area (Å²) in [5, 5.41) is 21.2. The van der Waals surface area contributed by atoms with Crippen LogP contribution in [-0.4, -0.2) is 76.3 Å². The Morgan fingerprint density at radius 1 is 0.750 bits per heavy atom. The topological polar surface area (TPSA) is 132 Å². The number of aromatic nitrogens is 4. The second-order valence-corrected chi connectivity index (χ2v) is 15.7. The highest BCUT2D eigenvalue weighted by atomic mass is 32.1. The largest absolute Gasteiger partial charge is 0.490 e. The van der Waals surface area contributed by atoms with Gasteiger partial charge < -0.3 is 33.8 Å². The van der Waals surface area contributed by atoms with E-state index >= 15 is 0 Å². The third-order valence-electron chi connectivity index (χ3n) is 10.7. The van der Waals surface area contributed by atoms with Gasteiger partial charge in [0.25, 0.3) is 11.8 Å². The van der Waals surface area contributed by atoms with Gasteiger partial charge in [-0.3, -0.25) is 0 Å². The molecular weight excluding hydrogens is 773 g/mol. The molecule has 8 rings (SSSR count). The van der Waals surface area contributed by atoms with Crippen molar-refractivity contribution in [1.82, 2.24) is 30.5 Å². The van der Waals surface area contributed by atoms with Gasteiger partial charge in [-0.2, -0.15) is 9.97 Å². The quantitative estimate of drug-likeness (QED) is 0.0909. The number of ether oxygens (including phenoxy) is 2. The van der Waals surface area contributed by atoms with Crippen LogP contribution in [0.2, 0.25) is 0 Å². The van der Waals surface area contributed by atoms with E-state index in [9.17, 15) is 0 Å². The first kappa shape index (κ1) is 42.5. The number of likely N-dealkylation sites (N-methyl/N-ethyl adjacent to an activating group) is 1. The van der Waals surface area contributed by atoms with Gasteiger partial charge in [0.1, 0.15) is 0 Å². The lowest BCUT2D eigenvalue weighted by atomic mass is 10.0. The molecule has 1 aliphatic carbocycles. The van der Waals surface area contributed by atoms with Crippen LogP contribution < -0.4 is 14.8 Å². The Morgan fingerprint density at radius 2 is 1.47 bits per heavy atom. The minimum Gasteiger partial charge on any atom is -0.490 e. The van der Waals surface area contributed by atoms with Crippen LogP contribution in [0.25, 0.3) is 56.1 Å². The molecule has 0 aliphatic heterocycles. The molecule has 3 aromatic heterocycles. The number of aliphatic hydroxyl groups is 1. The van der Waals surface area contributed by atoms with Crippen molar-refractivity contribution >= 4 is 11.3 Å². The number of nitrogens with zero attached hydrogens (tertiary/aromatic N) is 5. The Bertz CT molecular complexity index is 2420. The van der Waals surface area contributed by atoms with Crippen molar-refractivity contribution in [1.29, 1.82) is 0 Å². The molecule has 0 fully saturated rings. The van der Waals surface area contributed by atoms with E-state index in [4.69, 9.17) is 28.6 Å². The van der Waals surface area contributed by atoms with Crippen LogP contribution in [-0.2, 0) is 12.8 Å². The SMILES string of the molecule is CCOc1ccc(-c2nc(-c3cccc4c3CCC4NCCN(CC)CC)no2)cc1OCC.Cc1sc(-c2nc(-c3ccc(CCO)cc3)no2)cc1-c1ccccc1. The van der Waals surface area contributed by atoms with Gasteiger partial charge in [-0.1, -0.05) is 97.0 Å². The lowest BCUT2D eigenvalue weighted by Crippen LogP contribution is -2.33. The van der Waals surface area contributed by atoms with Crippen molar-refractivity contribution in [3.8, 4) is 67.6 Å². The number of benzene rings is 4. The van der Waals surface area contributed by atoms with Gasteiger partial charge in [-0.05, 0) is 105 Å². The zero-order valence-corrected chi connectivity index (χ0v) is 35.9. The molecule has 0 bridgehead atoms. The number of nitrogens with one attached hydrogen (secondary N) is 1. The van der Waals surface area contributed by atoms with E-state index in [-0.39, 0.29) is 6.61 Å². The molecule has 0 radical (unpaired) electrons. The van der Waals surface area contributed by atoms with Crippen molar-refractivity contribution in [2.75, 3.05) is 46.0 Å². The fourth-order valence-electron chi connectivity index (χ4n) is 7.53. The molecule has 0 amide bonds. The molecule has 1 aliphatic rings. The predicted molar refractivity (Wildman–Crippen MR) is 238 cm³/mol. The molecule has 0 spiro atoms. The molecule has 60 heavy (non-hydrogen) atoms. The Labute approximate surface area is 356 Å². The summed E-state index contributed by atoms with van der Waals surface area (Å²) in [5.74, 6) is 3.61. The van der Waals surface area contributed by atoms with Gasteiger partial charge in [0.05, 0.1) is 18.1 Å². The van der Waals surface area contributed by atoms with Gasteiger partial charge in [0.15, 0.2) is 11.5 Å². The summed E-state index contributed by atoms with van der Waals surface area (Å²) in [6, 6.07) is 32.8. The van der Waals surface area contributed by atoms with Crippen molar-refractivity contribution in [3.63, 3.8) is 0 Å². The van der Waals surface area contributed by atoms with Crippen LogP contribution in [0.5, 0.6) is 11.5 Å². The van der Waals surface area contributed by atoms with E-state index in [1.165, 1.54) is 27.1 Å². The highest BCUT2D eigenvalue weighted by Crippen LogP contribution is 2.39. The van der Waals surface area contributed by atoms with Crippen molar-refractivity contribution in [2.45, 2.75) is 59.9 Å². The lowest BCUT2D eigenvalue weighted by Gasteiger charge is -2.20. The normalized spacial score (nSPS) is 13.3. The van der Waals surface area contributed by atoms with E-state index in [2.05, 4.69) is 82.7 Å². The molecule has 7 aromatic rings. The third-order valence-corrected chi connectivity index (χ3v) is 11.7. The fraction of sp³-hybridized carbons (Fsp3) is 0.333. The summed E-state index contributed by atoms with van der Waals surface area (Å²) in [6.07, 6.45) is 2.75. The van der Waals surface area contributed by atoms with E-state index in [1.807, 2.05) is 74.5 Å². The van der Waals surface area contributed by atoms with E-state index in [0.717, 1.165) is 66.2 Å². The Balaban J connectivity index is 0.000000188. The Morgan fingerprint density at radius 3 is 2.22 bits per heavy atom. The molecule has 1 atom stereocenters. The molecule has 312 valence electrons. The van der Waals surface area contributed by atoms with Crippen LogP contribution in [0.4, 0.5) is 0 Å². The first-order chi connectivity index (χ1) is 29.4. The summed E-state index contributed by atoms with van der Waals surface area (Å²) in [5.41, 5.74) is 8.90. The zero-order valence-electron chi connectivity index (χ0n) is 35.1. The summed E-state index contributed by atoms with van der Waals surface area (Å²) in [7, 11) is 0. The minimum atomic E-state index is 0.146. The predicted octanol–water partition coefficient (Wildman–Crippen LogP) is 10.1. The molecule has 11 nitrogen and oxygen atoms in total. The van der Waals surface area contributed by atoms with Crippen LogP contribution in [0.1, 0.15) is 61.7 Å². The maximum absolute atomic E-state index is 9.00. The highest BCUT2D eigenvalue weighted by molar-refractivity contribution is 7.15. The molecular formula is C48H54N6O5S. The summed E-state index contributed by atoms with van der Waals surface area (Å²) >= 11 is 1.66. The number of aryl methyl sites for hydroxylation is 1. The van der Waals surface area contributed by atoms with E-state index < -0.39 is 0 Å². The minimum absolute atomic E-state index is 0.146. The monoisotopic (exact) mass is 826 g/mol. The Hall–Kier alpha value is -5.66. The summed E-state index contributed by atoms with van der Waals surface area (Å²) in [6.45, 7) is 15.9. The van der Waals surface area contributed by atoms with Crippen molar-refractivity contribution in [2.24, 2.45) is 0 Å². The van der Waals surface area contributed by atoms with Gasteiger partial charge in [-0.15, -0.1) is 11.3 Å². The zero-order chi connectivity index (χ0) is 41.8. The maximum Gasteiger partial charge on any atom is 0.268 e. The number of hydrogen-bond donors (Lipinski definition) is 2. The second-order valence-electron chi connectivity index (χ2n) is 14.4. The summed E-state index contributed by atoms with van der Waals surface area (Å²) < 4.78 is 22.6. The number of thiophene rings is 1. The van der Waals surface area contributed by atoms with Crippen molar-refractivity contribution < 1.29 is 23.6 Å². The highest BCUT2D eigenvalue weighted by Gasteiger charge is 2.26. The maximum atomic E-state index is 9.00. The van der Waals surface area contributed by atoms with Crippen LogP contribution in [0.3, 0.4) is 0 Å². The number of fused-ring (bicyclic) bond motifs is 1. The van der Waals surface area contributed by atoms with Gasteiger partial charge >= 0.3 is 0 Å². The van der Waals surface area contributed by atoms with Crippen LogP contribution in [0.15, 0.2) is 106 Å². The number of rotatable bonds is 17. The smallest absolute Gasteiger partial charge is 0.268 e. The average molecular weight is 827 g/mol. The van der Waals surface area contributed by atoms with E-state index in [0.29, 0.717) is 60.6 Å². The van der Waals surface area contributed by atoms with Gasteiger partial charge in [-0.25, -0.2) is 0 Å². The van der Waals surface area contributed by atoms with Gasteiger partial charge in [0, 0.05) is 47.3 Å². The van der Waals surface area contributed by atoms with Crippen LogP contribution in [0, 0.1) is 6.92 Å². The molecule has 4 aromatic carbocycles. The molecule has 0 saturated heterocycles. The summed E-state index contributed by atoms with van der Waals surface area (Å²) in [4.78, 5) is 13.9. The molecule has 1 unspecified atom stereocenters. The molecule has 2 N–H and O–H groups in total. The number of aliphatic hydroxyl groups excluding tert-OH is 1. The molecule has 12 heteroatoms. The number of hydrogen-bond acceptors (Lipinski definition) is 12. The van der Waals surface area contributed by atoms with Gasteiger partial charge in [0.2, 0.25) is 11.6 Å². The first-order valence-corrected chi connectivity index (χ1v) is 21.8. The third kappa shape index (κ3) is 10.0. The Kier molecular flexibility index (Phi) is 14.5. The van der Waals surface area contributed by atoms with Crippen molar-refractivity contribution in [3.05, 3.63) is 119 Å². The standard InChI is InChI=1S/C27H36N4O3.C21H18N2O2S/c1-5-31(6-2)17-16-28-23-14-13-20-21(23)10-9-11-22(20)26-29-27(34-30-26)19-12-15-24(32-7-3)25(18-19)33-8-4;1-14-18(16-5-3-2-4-6-16)13-19(26-14)21-22-20(23-25-21)17-9-7-15(8-10-17)11-12-24/h9-12,15,18,23,28H,5-8,13-14,16-17H2,1-4H3;2-10,13,24H,11-12H2,1H3. The molecule has 3 heterocycles.